The Morgan fingerprint density at radius 1 is 0.826 bits per heavy atom. The number of rotatable bonds is 1. The van der Waals surface area contributed by atoms with Crippen LogP contribution < -0.4 is 0 Å². The zero-order valence-corrected chi connectivity index (χ0v) is 13.1. The molecule has 1 fully saturated rings. The van der Waals surface area contributed by atoms with E-state index in [0.29, 0.717) is 6.04 Å². The van der Waals surface area contributed by atoms with Crippen molar-refractivity contribution < 1.29 is 4.79 Å². The molecule has 2 nitrogen and oxygen atoms in total. The SMILES string of the molecule is O=C1c2ccccc2-c2c3c1cccc3cn2C1CCCCC1. The minimum absolute atomic E-state index is 0.167. The third-order valence-corrected chi connectivity index (χ3v) is 5.51. The number of nitrogens with zero attached hydrogens (tertiary/aromatic N) is 1. The van der Waals surface area contributed by atoms with Gasteiger partial charge in [-0.1, -0.05) is 61.7 Å². The van der Waals surface area contributed by atoms with Crippen molar-refractivity contribution in [1.82, 2.24) is 4.57 Å². The summed E-state index contributed by atoms with van der Waals surface area (Å²) in [6.07, 6.45) is 8.75. The summed E-state index contributed by atoms with van der Waals surface area (Å²) in [4.78, 5) is 12.9. The number of hydrogen-bond acceptors (Lipinski definition) is 1. The molecule has 0 radical (unpaired) electrons. The number of hydrogen-bond donors (Lipinski definition) is 0. The van der Waals surface area contributed by atoms with Crippen molar-refractivity contribution in [2.75, 3.05) is 0 Å². The van der Waals surface area contributed by atoms with E-state index in [9.17, 15) is 4.79 Å². The van der Waals surface area contributed by atoms with Crippen molar-refractivity contribution in [3.05, 3.63) is 59.8 Å². The van der Waals surface area contributed by atoms with E-state index in [1.165, 1.54) is 43.2 Å². The van der Waals surface area contributed by atoms with Gasteiger partial charge in [0.2, 0.25) is 0 Å². The molecular formula is C21H19NO. The highest BCUT2D eigenvalue weighted by Gasteiger charge is 2.29. The highest BCUT2D eigenvalue weighted by atomic mass is 16.1. The molecule has 114 valence electrons. The Balaban J connectivity index is 1.86. The van der Waals surface area contributed by atoms with Crippen LogP contribution in [0, 0.1) is 0 Å². The molecular weight excluding hydrogens is 282 g/mol. The van der Waals surface area contributed by atoms with Crippen LogP contribution in [-0.4, -0.2) is 10.4 Å². The Bertz CT molecular complexity index is 928. The Hall–Kier alpha value is -2.35. The summed E-state index contributed by atoms with van der Waals surface area (Å²) in [5.41, 5.74) is 4.09. The van der Waals surface area contributed by atoms with Crippen LogP contribution in [0.2, 0.25) is 0 Å². The maximum absolute atomic E-state index is 12.9. The van der Waals surface area contributed by atoms with E-state index in [2.05, 4.69) is 22.9 Å². The van der Waals surface area contributed by atoms with Crippen molar-refractivity contribution in [2.45, 2.75) is 38.1 Å². The molecule has 0 spiro atoms. The second kappa shape index (κ2) is 4.82. The van der Waals surface area contributed by atoms with E-state index in [-0.39, 0.29) is 5.78 Å². The topological polar surface area (TPSA) is 22.0 Å². The molecule has 1 aromatic heterocycles. The second-order valence-corrected chi connectivity index (χ2v) is 6.82. The molecule has 3 aromatic rings. The van der Waals surface area contributed by atoms with E-state index in [1.807, 2.05) is 30.3 Å². The number of carbonyl (C=O) groups excluding carboxylic acids is 1. The van der Waals surface area contributed by atoms with Crippen LogP contribution in [0.15, 0.2) is 48.7 Å². The van der Waals surface area contributed by atoms with E-state index in [0.717, 1.165) is 22.1 Å². The van der Waals surface area contributed by atoms with Gasteiger partial charge in [-0.2, -0.15) is 0 Å². The summed E-state index contributed by atoms with van der Waals surface area (Å²) in [5.74, 6) is 0.167. The second-order valence-electron chi connectivity index (χ2n) is 6.82. The fourth-order valence-corrected chi connectivity index (χ4v) is 4.43. The van der Waals surface area contributed by atoms with Crippen molar-refractivity contribution in [3.63, 3.8) is 0 Å². The number of aromatic nitrogens is 1. The lowest BCUT2D eigenvalue weighted by Gasteiger charge is -2.27. The summed E-state index contributed by atoms with van der Waals surface area (Å²) in [7, 11) is 0. The molecule has 2 aliphatic rings. The molecule has 23 heavy (non-hydrogen) atoms. The Labute approximate surface area is 135 Å². The first kappa shape index (κ1) is 13.1. The van der Waals surface area contributed by atoms with Crippen molar-refractivity contribution in [2.24, 2.45) is 0 Å². The van der Waals surface area contributed by atoms with E-state index < -0.39 is 0 Å². The van der Waals surface area contributed by atoms with Crippen molar-refractivity contribution in [1.29, 1.82) is 0 Å². The lowest BCUT2D eigenvalue weighted by molar-refractivity contribution is 0.104. The summed E-state index contributed by atoms with van der Waals surface area (Å²) < 4.78 is 2.47. The maximum Gasteiger partial charge on any atom is 0.194 e. The molecule has 2 aliphatic carbocycles. The predicted octanol–water partition coefficient (Wildman–Crippen LogP) is 5.36. The predicted molar refractivity (Wildman–Crippen MR) is 92.9 cm³/mol. The standard InChI is InChI=1S/C21H19NO/c23-21-17-11-5-4-10-16(17)20-19-14(7-6-12-18(19)21)13-22(20)15-8-2-1-3-9-15/h4-7,10-13,15H,1-3,8-9H2. The lowest BCUT2D eigenvalue weighted by atomic mass is 9.86. The quantitative estimate of drug-likeness (QED) is 0.464. The van der Waals surface area contributed by atoms with Crippen LogP contribution in [0.5, 0.6) is 0 Å². The number of fused-ring (bicyclic) bond motifs is 2. The zero-order chi connectivity index (χ0) is 15.4. The summed E-state index contributed by atoms with van der Waals surface area (Å²) in [6.45, 7) is 0. The van der Waals surface area contributed by atoms with E-state index >= 15 is 0 Å². The van der Waals surface area contributed by atoms with Crippen LogP contribution in [-0.2, 0) is 0 Å². The third-order valence-electron chi connectivity index (χ3n) is 5.51. The van der Waals surface area contributed by atoms with Crippen molar-refractivity contribution >= 4 is 16.6 Å². The molecule has 0 unspecified atom stereocenters. The van der Waals surface area contributed by atoms with Gasteiger partial charge in [-0.05, 0) is 12.8 Å². The highest BCUT2D eigenvalue weighted by molar-refractivity contribution is 6.25. The summed E-state index contributed by atoms with van der Waals surface area (Å²) in [5, 5.41) is 2.35. The highest BCUT2D eigenvalue weighted by Crippen LogP contribution is 2.43. The molecule has 0 N–H and O–H groups in total. The Kier molecular flexibility index (Phi) is 2.75. The van der Waals surface area contributed by atoms with Crippen molar-refractivity contribution in [3.8, 4) is 11.3 Å². The Morgan fingerprint density at radius 2 is 1.57 bits per heavy atom. The minimum atomic E-state index is 0.167. The first-order chi connectivity index (χ1) is 11.3. The average molecular weight is 301 g/mol. The van der Waals surface area contributed by atoms with Gasteiger partial charge in [0.05, 0.1) is 5.69 Å². The largest absolute Gasteiger partial charge is 0.343 e. The van der Waals surface area contributed by atoms with Crippen LogP contribution in [0.4, 0.5) is 0 Å². The smallest absolute Gasteiger partial charge is 0.194 e. The van der Waals surface area contributed by atoms with Gasteiger partial charge in [0.15, 0.2) is 5.78 Å². The van der Waals surface area contributed by atoms with E-state index in [4.69, 9.17) is 0 Å². The molecule has 2 aromatic carbocycles. The average Bonchev–Trinajstić information content (AvgIpc) is 3.01. The number of carbonyl (C=O) groups is 1. The maximum atomic E-state index is 12.9. The molecule has 0 saturated heterocycles. The number of benzene rings is 2. The van der Waals surface area contributed by atoms with Gasteiger partial charge in [-0.3, -0.25) is 4.79 Å². The molecule has 1 saturated carbocycles. The van der Waals surface area contributed by atoms with Gasteiger partial charge in [0, 0.05) is 39.7 Å². The van der Waals surface area contributed by atoms with Crippen LogP contribution in [0.1, 0.15) is 54.1 Å². The third kappa shape index (κ3) is 1.78. The van der Waals surface area contributed by atoms with Crippen LogP contribution >= 0.6 is 0 Å². The zero-order valence-electron chi connectivity index (χ0n) is 13.1. The van der Waals surface area contributed by atoms with Gasteiger partial charge < -0.3 is 4.57 Å². The normalized spacial score (nSPS) is 17.5. The van der Waals surface area contributed by atoms with Crippen LogP contribution in [0.25, 0.3) is 22.0 Å². The fourth-order valence-electron chi connectivity index (χ4n) is 4.43. The monoisotopic (exact) mass is 301 g/mol. The van der Waals surface area contributed by atoms with Gasteiger partial charge in [-0.25, -0.2) is 0 Å². The van der Waals surface area contributed by atoms with Gasteiger partial charge in [-0.15, -0.1) is 0 Å². The van der Waals surface area contributed by atoms with Gasteiger partial charge in [0.25, 0.3) is 0 Å². The first-order valence-corrected chi connectivity index (χ1v) is 8.62. The lowest BCUT2D eigenvalue weighted by Crippen LogP contribution is -2.16. The van der Waals surface area contributed by atoms with E-state index in [1.54, 1.807) is 0 Å². The molecule has 0 aliphatic heterocycles. The van der Waals surface area contributed by atoms with Gasteiger partial charge in [0.1, 0.15) is 0 Å². The fraction of sp³-hybridized carbons (Fsp3) is 0.286. The molecule has 2 heteroatoms. The summed E-state index contributed by atoms with van der Waals surface area (Å²) in [6, 6.07) is 14.8. The Morgan fingerprint density at radius 3 is 2.39 bits per heavy atom. The summed E-state index contributed by atoms with van der Waals surface area (Å²) >= 11 is 0. The molecule has 0 bridgehead atoms. The molecule has 0 atom stereocenters. The first-order valence-electron chi connectivity index (χ1n) is 8.62. The number of ketones is 1. The molecule has 5 rings (SSSR count). The molecule has 0 amide bonds. The van der Waals surface area contributed by atoms with Gasteiger partial charge >= 0.3 is 0 Å². The van der Waals surface area contributed by atoms with Crippen LogP contribution in [0.3, 0.4) is 0 Å². The minimum Gasteiger partial charge on any atom is -0.343 e. The molecule has 1 heterocycles.